The lowest BCUT2D eigenvalue weighted by atomic mass is 10.3. The molecule has 0 saturated heterocycles. The lowest BCUT2D eigenvalue weighted by Crippen LogP contribution is -2.18. The number of methoxy groups -OCH3 is 2. The fraction of sp³-hybridized carbons (Fsp3) is 0.462. The molecule has 0 radical (unpaired) electrons. The van der Waals surface area contributed by atoms with Gasteiger partial charge in [0.15, 0.2) is 0 Å². The van der Waals surface area contributed by atoms with Gasteiger partial charge in [0.2, 0.25) is 0 Å². The third-order valence-corrected chi connectivity index (χ3v) is 3.73. The maximum atomic E-state index is 5.20. The molecule has 0 aliphatic rings. The van der Waals surface area contributed by atoms with E-state index in [-0.39, 0.29) is 0 Å². The van der Waals surface area contributed by atoms with Crippen LogP contribution >= 0.6 is 11.3 Å². The summed E-state index contributed by atoms with van der Waals surface area (Å²) < 4.78 is 10.2. The van der Waals surface area contributed by atoms with Crippen LogP contribution in [0.4, 0.5) is 0 Å². The summed E-state index contributed by atoms with van der Waals surface area (Å²) in [5.74, 6) is 0. The number of rotatable bonds is 8. The van der Waals surface area contributed by atoms with E-state index in [1.165, 1.54) is 0 Å². The second-order valence-corrected chi connectivity index (χ2v) is 5.17. The average molecular weight is 294 g/mol. The zero-order valence-electron chi connectivity index (χ0n) is 11.6. The van der Waals surface area contributed by atoms with Gasteiger partial charge in [-0.25, -0.2) is 4.98 Å². The predicted molar refractivity (Wildman–Crippen MR) is 77.4 cm³/mol. The van der Waals surface area contributed by atoms with Crippen LogP contribution in [-0.4, -0.2) is 42.3 Å². The largest absolute Gasteiger partial charge is 0.383 e. The maximum absolute atomic E-state index is 5.20. The van der Waals surface area contributed by atoms with E-state index in [0.717, 1.165) is 34.4 Å². The Kier molecular flexibility index (Phi) is 6.00. The van der Waals surface area contributed by atoms with Crippen LogP contribution in [0, 0.1) is 0 Å². The second kappa shape index (κ2) is 8.01. The minimum Gasteiger partial charge on any atom is -0.383 e. The molecule has 1 N–H and O–H groups in total. The number of thiazole rings is 1. The first-order valence-corrected chi connectivity index (χ1v) is 7.10. The lowest BCUT2D eigenvalue weighted by Gasteiger charge is -2.03. The SMILES string of the molecule is COCCNCc1sc(-c2cnccn2)nc1COC. The lowest BCUT2D eigenvalue weighted by molar-refractivity contribution is 0.181. The van der Waals surface area contributed by atoms with Crippen LogP contribution in [0.5, 0.6) is 0 Å². The summed E-state index contributed by atoms with van der Waals surface area (Å²) in [5.41, 5.74) is 1.74. The molecule has 0 spiro atoms. The standard InChI is InChI=1S/C13H18N4O2S/c1-18-6-5-15-8-12-11(9-19-2)17-13(20-12)10-7-14-3-4-16-10/h3-4,7,15H,5-6,8-9H2,1-2H3. The summed E-state index contributed by atoms with van der Waals surface area (Å²) in [6.45, 7) is 2.74. The summed E-state index contributed by atoms with van der Waals surface area (Å²) in [5, 5.41) is 4.19. The molecule has 2 rings (SSSR count). The van der Waals surface area contributed by atoms with Crippen molar-refractivity contribution in [2.45, 2.75) is 13.2 Å². The molecule has 0 amide bonds. The summed E-state index contributed by atoms with van der Waals surface area (Å²) in [7, 11) is 3.36. The van der Waals surface area contributed by atoms with Gasteiger partial charge in [-0.3, -0.25) is 9.97 Å². The summed E-state index contributed by atoms with van der Waals surface area (Å²) in [4.78, 5) is 14.1. The van der Waals surface area contributed by atoms with E-state index in [2.05, 4.69) is 20.3 Å². The van der Waals surface area contributed by atoms with E-state index < -0.39 is 0 Å². The number of nitrogens with one attached hydrogen (secondary N) is 1. The van der Waals surface area contributed by atoms with Crippen molar-refractivity contribution in [1.82, 2.24) is 20.3 Å². The molecule has 0 aromatic carbocycles. The van der Waals surface area contributed by atoms with Crippen molar-refractivity contribution in [2.24, 2.45) is 0 Å². The van der Waals surface area contributed by atoms with E-state index >= 15 is 0 Å². The van der Waals surface area contributed by atoms with Crippen molar-refractivity contribution >= 4 is 11.3 Å². The highest BCUT2D eigenvalue weighted by molar-refractivity contribution is 7.15. The molecule has 2 heterocycles. The van der Waals surface area contributed by atoms with E-state index in [4.69, 9.17) is 9.47 Å². The van der Waals surface area contributed by atoms with Crippen LogP contribution in [0.1, 0.15) is 10.6 Å². The van der Waals surface area contributed by atoms with Gasteiger partial charge in [-0.15, -0.1) is 11.3 Å². The number of ether oxygens (including phenoxy) is 2. The topological polar surface area (TPSA) is 69.2 Å². The smallest absolute Gasteiger partial charge is 0.144 e. The Labute approximate surface area is 122 Å². The van der Waals surface area contributed by atoms with Gasteiger partial charge >= 0.3 is 0 Å². The highest BCUT2D eigenvalue weighted by atomic mass is 32.1. The fourth-order valence-corrected chi connectivity index (χ4v) is 2.66. The molecule has 2 aromatic heterocycles. The Hall–Kier alpha value is -1.41. The first-order chi connectivity index (χ1) is 9.85. The minimum atomic E-state index is 0.498. The van der Waals surface area contributed by atoms with Crippen LogP contribution in [-0.2, 0) is 22.6 Å². The summed E-state index contributed by atoms with van der Waals surface area (Å²) >= 11 is 1.61. The van der Waals surface area contributed by atoms with Crippen LogP contribution < -0.4 is 5.32 Å². The van der Waals surface area contributed by atoms with E-state index in [1.807, 2.05) is 0 Å². The van der Waals surface area contributed by atoms with E-state index in [9.17, 15) is 0 Å². The number of nitrogens with zero attached hydrogens (tertiary/aromatic N) is 3. The molecule has 6 nitrogen and oxygen atoms in total. The van der Waals surface area contributed by atoms with Crippen LogP contribution in [0.2, 0.25) is 0 Å². The van der Waals surface area contributed by atoms with Crippen LogP contribution in [0.15, 0.2) is 18.6 Å². The molecule has 0 aliphatic carbocycles. The van der Waals surface area contributed by atoms with Crippen LogP contribution in [0.3, 0.4) is 0 Å². The molecule has 0 atom stereocenters. The molecule has 0 unspecified atom stereocenters. The van der Waals surface area contributed by atoms with Crippen molar-refractivity contribution < 1.29 is 9.47 Å². The number of hydrogen-bond acceptors (Lipinski definition) is 7. The monoisotopic (exact) mass is 294 g/mol. The van der Waals surface area contributed by atoms with Gasteiger partial charge in [-0.2, -0.15) is 0 Å². The molecule has 108 valence electrons. The van der Waals surface area contributed by atoms with Gasteiger partial charge in [0.05, 0.1) is 25.1 Å². The normalized spacial score (nSPS) is 10.9. The van der Waals surface area contributed by atoms with Crippen molar-refractivity contribution in [1.29, 1.82) is 0 Å². The first-order valence-electron chi connectivity index (χ1n) is 6.28. The van der Waals surface area contributed by atoms with Gasteiger partial charge in [0.25, 0.3) is 0 Å². The molecule has 0 bridgehead atoms. The molecule has 0 fully saturated rings. The molecule has 20 heavy (non-hydrogen) atoms. The molecule has 7 heteroatoms. The Bertz CT molecular complexity index is 518. The van der Waals surface area contributed by atoms with Crippen molar-refractivity contribution in [3.63, 3.8) is 0 Å². The Morgan fingerprint density at radius 3 is 2.85 bits per heavy atom. The van der Waals surface area contributed by atoms with E-state index in [1.54, 1.807) is 44.1 Å². The van der Waals surface area contributed by atoms with Gasteiger partial charge in [-0.05, 0) is 0 Å². The zero-order valence-corrected chi connectivity index (χ0v) is 12.4. The molecule has 2 aromatic rings. The summed E-state index contributed by atoms with van der Waals surface area (Å²) in [6, 6.07) is 0. The highest BCUT2D eigenvalue weighted by Gasteiger charge is 2.13. The van der Waals surface area contributed by atoms with Gasteiger partial charge < -0.3 is 14.8 Å². The average Bonchev–Trinajstić information content (AvgIpc) is 2.88. The Balaban J connectivity index is 2.11. The third kappa shape index (κ3) is 4.04. The molecule has 0 saturated carbocycles. The Morgan fingerprint density at radius 2 is 2.15 bits per heavy atom. The number of aromatic nitrogens is 3. The minimum absolute atomic E-state index is 0.498. The quantitative estimate of drug-likeness (QED) is 0.744. The predicted octanol–water partition coefficient (Wildman–Crippen LogP) is 1.48. The van der Waals surface area contributed by atoms with Crippen molar-refractivity contribution in [2.75, 3.05) is 27.4 Å². The first kappa shape index (κ1) is 15.0. The van der Waals surface area contributed by atoms with Crippen LogP contribution in [0.25, 0.3) is 10.7 Å². The van der Waals surface area contributed by atoms with Gasteiger partial charge in [0, 0.05) is 44.6 Å². The third-order valence-electron chi connectivity index (χ3n) is 2.61. The summed E-state index contributed by atoms with van der Waals surface area (Å²) in [6.07, 6.45) is 5.04. The van der Waals surface area contributed by atoms with Gasteiger partial charge in [0.1, 0.15) is 10.7 Å². The number of hydrogen-bond donors (Lipinski definition) is 1. The molecular formula is C13H18N4O2S. The zero-order chi connectivity index (χ0) is 14.2. The highest BCUT2D eigenvalue weighted by Crippen LogP contribution is 2.26. The molecular weight excluding hydrogens is 276 g/mol. The van der Waals surface area contributed by atoms with E-state index in [0.29, 0.717) is 13.2 Å². The fourth-order valence-electron chi connectivity index (χ4n) is 1.67. The molecule has 0 aliphatic heterocycles. The van der Waals surface area contributed by atoms with Gasteiger partial charge in [-0.1, -0.05) is 0 Å². The maximum Gasteiger partial charge on any atom is 0.144 e. The van der Waals surface area contributed by atoms with Crippen molar-refractivity contribution in [3.8, 4) is 10.7 Å². The Morgan fingerprint density at radius 1 is 1.25 bits per heavy atom. The second-order valence-electron chi connectivity index (χ2n) is 4.08. The van der Waals surface area contributed by atoms with Crippen molar-refractivity contribution in [3.05, 3.63) is 29.2 Å².